The Hall–Kier alpha value is -3.98. The number of hydrogen-bond donors (Lipinski definition) is 2. The number of rotatable bonds is 6. The molecule has 36 heavy (non-hydrogen) atoms. The Kier molecular flexibility index (Phi) is 6.56. The highest BCUT2D eigenvalue weighted by Gasteiger charge is 2.39. The van der Waals surface area contributed by atoms with Crippen molar-refractivity contribution in [2.75, 3.05) is 15.5 Å². The summed E-state index contributed by atoms with van der Waals surface area (Å²) in [6, 6.07) is 22.4. The van der Waals surface area contributed by atoms with Crippen LogP contribution in [0.15, 0.2) is 95.0 Å². The van der Waals surface area contributed by atoms with Gasteiger partial charge in [0.25, 0.3) is 17.7 Å². The summed E-state index contributed by atoms with van der Waals surface area (Å²) in [5, 5.41) is 8.22. The van der Waals surface area contributed by atoms with E-state index in [0.29, 0.717) is 27.1 Å². The Bertz CT molecular complexity index is 1520. The zero-order valence-corrected chi connectivity index (χ0v) is 20.7. The standard InChI is InChI=1S/C26H16Cl2N4O3S/c27-17-9-11-19(12-10-17)32-24(34)21(28)22(25(32)35)29-18-8-4-7-16(13-18)23(33)31-26-30-20(14-36-26)15-5-2-1-3-6-15/h1-14,29H,(H,30,31,33). The van der Waals surface area contributed by atoms with Gasteiger partial charge in [-0.2, -0.15) is 0 Å². The van der Waals surface area contributed by atoms with E-state index >= 15 is 0 Å². The lowest BCUT2D eigenvalue weighted by Gasteiger charge is -2.15. The fourth-order valence-corrected chi connectivity index (χ4v) is 4.61. The number of carbonyl (C=O) groups is 3. The first kappa shape index (κ1) is 23.7. The van der Waals surface area contributed by atoms with Crippen molar-refractivity contribution in [2.45, 2.75) is 0 Å². The van der Waals surface area contributed by atoms with Crippen molar-refractivity contribution in [3.8, 4) is 11.3 Å². The second-order valence-corrected chi connectivity index (χ2v) is 9.35. The third-order valence-electron chi connectivity index (χ3n) is 5.30. The molecule has 0 bridgehead atoms. The molecule has 7 nitrogen and oxygen atoms in total. The highest BCUT2D eigenvalue weighted by molar-refractivity contribution is 7.14. The van der Waals surface area contributed by atoms with Crippen LogP contribution in [0.5, 0.6) is 0 Å². The topological polar surface area (TPSA) is 91.4 Å². The number of amides is 3. The average Bonchev–Trinajstić information content (AvgIpc) is 3.44. The van der Waals surface area contributed by atoms with Crippen molar-refractivity contribution in [1.29, 1.82) is 0 Å². The second-order valence-electron chi connectivity index (χ2n) is 7.67. The van der Waals surface area contributed by atoms with Crippen LogP contribution < -0.4 is 15.5 Å². The van der Waals surface area contributed by atoms with Crippen LogP contribution in [0.1, 0.15) is 10.4 Å². The van der Waals surface area contributed by atoms with Gasteiger partial charge in [-0.3, -0.25) is 19.7 Å². The molecule has 0 unspecified atom stereocenters. The number of anilines is 3. The third kappa shape index (κ3) is 4.74. The highest BCUT2D eigenvalue weighted by Crippen LogP contribution is 2.31. The van der Waals surface area contributed by atoms with E-state index in [9.17, 15) is 14.4 Å². The average molecular weight is 535 g/mol. The van der Waals surface area contributed by atoms with Gasteiger partial charge < -0.3 is 5.32 Å². The third-order valence-corrected chi connectivity index (χ3v) is 6.66. The Balaban J connectivity index is 1.31. The van der Waals surface area contributed by atoms with Crippen molar-refractivity contribution in [1.82, 2.24) is 4.98 Å². The Labute approximate surface area is 220 Å². The summed E-state index contributed by atoms with van der Waals surface area (Å²) in [5.41, 5.74) is 2.73. The number of benzene rings is 3. The number of hydrogen-bond acceptors (Lipinski definition) is 6. The molecule has 0 fully saturated rings. The van der Waals surface area contributed by atoms with Crippen LogP contribution in [0.4, 0.5) is 16.5 Å². The lowest BCUT2D eigenvalue weighted by molar-refractivity contribution is -0.120. The number of aromatic nitrogens is 1. The van der Waals surface area contributed by atoms with Gasteiger partial charge in [0.05, 0.1) is 11.4 Å². The molecule has 3 aromatic carbocycles. The summed E-state index contributed by atoms with van der Waals surface area (Å²) in [5.74, 6) is -1.64. The Morgan fingerprint density at radius 1 is 0.889 bits per heavy atom. The maximum Gasteiger partial charge on any atom is 0.283 e. The van der Waals surface area contributed by atoms with Crippen molar-refractivity contribution >= 4 is 68.8 Å². The predicted octanol–water partition coefficient (Wildman–Crippen LogP) is 6.15. The van der Waals surface area contributed by atoms with Gasteiger partial charge in [-0.25, -0.2) is 9.88 Å². The molecule has 2 N–H and O–H groups in total. The summed E-state index contributed by atoms with van der Waals surface area (Å²) in [7, 11) is 0. The Morgan fingerprint density at radius 3 is 2.39 bits per heavy atom. The first-order valence-electron chi connectivity index (χ1n) is 10.6. The van der Waals surface area contributed by atoms with Crippen molar-refractivity contribution in [3.05, 3.63) is 106 Å². The Morgan fingerprint density at radius 2 is 1.64 bits per heavy atom. The van der Waals surface area contributed by atoms with Gasteiger partial charge in [0, 0.05) is 27.2 Å². The largest absolute Gasteiger partial charge is 0.350 e. The minimum absolute atomic E-state index is 0.0819. The van der Waals surface area contributed by atoms with E-state index in [1.807, 2.05) is 35.7 Å². The van der Waals surface area contributed by atoms with Crippen molar-refractivity contribution < 1.29 is 14.4 Å². The molecule has 0 saturated carbocycles. The van der Waals surface area contributed by atoms with E-state index in [-0.39, 0.29) is 16.6 Å². The number of nitrogens with one attached hydrogen (secondary N) is 2. The number of carbonyl (C=O) groups excluding carboxylic acids is 3. The van der Waals surface area contributed by atoms with Crippen LogP contribution >= 0.6 is 34.5 Å². The SMILES string of the molecule is O=C(Nc1nc(-c2ccccc2)cs1)c1cccc(NC2=C(Cl)C(=O)N(c3ccc(Cl)cc3)C2=O)c1. The maximum absolute atomic E-state index is 13.0. The molecule has 10 heteroatoms. The van der Waals surface area contributed by atoms with E-state index < -0.39 is 11.8 Å². The summed E-state index contributed by atoms with van der Waals surface area (Å²) >= 11 is 13.4. The monoisotopic (exact) mass is 534 g/mol. The van der Waals surface area contributed by atoms with Gasteiger partial charge in [-0.1, -0.05) is 59.6 Å². The van der Waals surface area contributed by atoms with Gasteiger partial charge in [0.2, 0.25) is 0 Å². The van der Waals surface area contributed by atoms with Crippen LogP contribution in [-0.2, 0) is 9.59 Å². The minimum atomic E-state index is -0.654. The highest BCUT2D eigenvalue weighted by atomic mass is 35.5. The summed E-state index contributed by atoms with van der Waals surface area (Å²) < 4.78 is 0. The normalized spacial score (nSPS) is 13.3. The van der Waals surface area contributed by atoms with Gasteiger partial charge in [0.1, 0.15) is 10.7 Å². The molecule has 5 rings (SSSR count). The zero-order chi connectivity index (χ0) is 25.2. The van der Waals surface area contributed by atoms with Crippen LogP contribution in [-0.4, -0.2) is 22.7 Å². The number of thiazole rings is 1. The molecule has 1 aromatic heterocycles. The molecule has 0 atom stereocenters. The molecule has 1 aliphatic heterocycles. The van der Waals surface area contributed by atoms with E-state index in [4.69, 9.17) is 23.2 Å². The van der Waals surface area contributed by atoms with Gasteiger partial charge in [-0.05, 0) is 42.5 Å². The minimum Gasteiger partial charge on any atom is -0.350 e. The van der Waals surface area contributed by atoms with E-state index in [1.165, 1.54) is 11.3 Å². The van der Waals surface area contributed by atoms with E-state index in [0.717, 1.165) is 16.2 Å². The van der Waals surface area contributed by atoms with Crippen molar-refractivity contribution in [2.24, 2.45) is 0 Å². The van der Waals surface area contributed by atoms with Crippen LogP contribution in [0, 0.1) is 0 Å². The molecule has 178 valence electrons. The molecule has 3 amide bonds. The van der Waals surface area contributed by atoms with Gasteiger partial charge in [0.15, 0.2) is 5.13 Å². The molecular formula is C26H16Cl2N4O3S. The molecule has 0 radical (unpaired) electrons. The fourth-order valence-electron chi connectivity index (χ4n) is 3.56. The molecular weight excluding hydrogens is 519 g/mol. The van der Waals surface area contributed by atoms with Crippen LogP contribution in [0.2, 0.25) is 5.02 Å². The molecule has 2 heterocycles. The van der Waals surface area contributed by atoms with Crippen LogP contribution in [0.25, 0.3) is 11.3 Å². The number of halogens is 2. The van der Waals surface area contributed by atoms with E-state index in [2.05, 4.69) is 15.6 Å². The second kappa shape index (κ2) is 9.94. The molecule has 1 aliphatic rings. The lowest BCUT2D eigenvalue weighted by Crippen LogP contribution is -2.32. The summed E-state index contributed by atoms with van der Waals surface area (Å²) in [6.07, 6.45) is 0. The zero-order valence-electron chi connectivity index (χ0n) is 18.4. The maximum atomic E-state index is 13.0. The van der Waals surface area contributed by atoms with Gasteiger partial charge >= 0.3 is 0 Å². The quantitative estimate of drug-likeness (QED) is 0.289. The fraction of sp³-hybridized carbons (Fsp3) is 0. The van der Waals surface area contributed by atoms with Crippen molar-refractivity contribution in [3.63, 3.8) is 0 Å². The molecule has 0 saturated heterocycles. The number of imide groups is 1. The molecule has 0 spiro atoms. The first-order valence-corrected chi connectivity index (χ1v) is 12.3. The predicted molar refractivity (Wildman–Crippen MR) is 142 cm³/mol. The smallest absolute Gasteiger partial charge is 0.283 e. The molecule has 0 aliphatic carbocycles. The van der Waals surface area contributed by atoms with Gasteiger partial charge in [-0.15, -0.1) is 11.3 Å². The lowest BCUT2D eigenvalue weighted by atomic mass is 10.2. The molecule has 4 aromatic rings. The number of nitrogens with zero attached hydrogens (tertiary/aromatic N) is 2. The summed E-state index contributed by atoms with van der Waals surface area (Å²) in [6.45, 7) is 0. The van der Waals surface area contributed by atoms with E-state index in [1.54, 1.807) is 48.5 Å². The van der Waals surface area contributed by atoms with Crippen LogP contribution in [0.3, 0.4) is 0 Å². The summed E-state index contributed by atoms with van der Waals surface area (Å²) in [4.78, 5) is 43.9. The first-order chi connectivity index (χ1) is 17.4.